The van der Waals surface area contributed by atoms with Gasteiger partial charge in [0, 0.05) is 10.8 Å². The van der Waals surface area contributed by atoms with Crippen LogP contribution in [0.3, 0.4) is 0 Å². The Bertz CT molecular complexity index is 291. The molecule has 0 saturated heterocycles. The van der Waals surface area contributed by atoms with E-state index in [0.717, 1.165) is 13.0 Å². The third kappa shape index (κ3) is 2.55. The molecule has 0 amide bonds. The van der Waals surface area contributed by atoms with Crippen LogP contribution in [0.15, 0.2) is 0 Å². The van der Waals surface area contributed by atoms with Gasteiger partial charge in [-0.2, -0.15) is 0 Å². The lowest BCUT2D eigenvalue weighted by atomic mass is 10.1. The van der Waals surface area contributed by atoms with Gasteiger partial charge in [0.05, 0.1) is 10.7 Å². The number of nitrogens with two attached hydrogens (primary N) is 1. The van der Waals surface area contributed by atoms with Crippen molar-refractivity contribution in [3.63, 3.8) is 0 Å². The fraction of sp³-hybridized carbons (Fsp3) is 0.727. The predicted octanol–water partition coefficient (Wildman–Crippen LogP) is 3.03. The average molecular weight is 212 g/mol. The summed E-state index contributed by atoms with van der Waals surface area (Å²) in [6.45, 7) is 9.48. The zero-order chi connectivity index (χ0) is 10.7. The van der Waals surface area contributed by atoms with Crippen molar-refractivity contribution in [3.05, 3.63) is 15.6 Å². The van der Waals surface area contributed by atoms with Crippen molar-refractivity contribution in [1.82, 2.24) is 4.98 Å². The van der Waals surface area contributed by atoms with Crippen LogP contribution < -0.4 is 5.73 Å². The first kappa shape index (κ1) is 11.7. The number of aryl methyl sites for hydroxylation is 1. The van der Waals surface area contributed by atoms with E-state index in [1.54, 1.807) is 0 Å². The lowest BCUT2D eigenvalue weighted by Crippen LogP contribution is -2.04. The number of aromatic nitrogens is 1. The summed E-state index contributed by atoms with van der Waals surface area (Å²) in [7, 11) is 0. The fourth-order valence-electron chi connectivity index (χ4n) is 1.51. The van der Waals surface area contributed by atoms with Gasteiger partial charge in [-0.3, -0.25) is 0 Å². The van der Waals surface area contributed by atoms with Gasteiger partial charge in [0.1, 0.15) is 0 Å². The minimum atomic E-state index is 0.539. The van der Waals surface area contributed by atoms with Crippen LogP contribution >= 0.6 is 11.3 Å². The Kier molecular flexibility index (Phi) is 4.08. The Balaban J connectivity index is 2.86. The van der Waals surface area contributed by atoms with Crippen molar-refractivity contribution in [2.45, 2.75) is 46.0 Å². The number of nitrogens with zero attached hydrogens (tertiary/aromatic N) is 1. The maximum atomic E-state index is 5.57. The van der Waals surface area contributed by atoms with Crippen LogP contribution in [0.2, 0.25) is 0 Å². The number of hydrogen-bond donors (Lipinski definition) is 1. The molecule has 1 atom stereocenters. The molecule has 2 nitrogen and oxygen atoms in total. The van der Waals surface area contributed by atoms with Crippen molar-refractivity contribution >= 4 is 11.3 Å². The van der Waals surface area contributed by atoms with E-state index < -0.39 is 0 Å². The molecule has 1 heterocycles. The Labute approximate surface area is 90.6 Å². The second-order valence-electron chi connectivity index (χ2n) is 4.13. The molecule has 3 heteroatoms. The highest BCUT2D eigenvalue weighted by Crippen LogP contribution is 2.31. The van der Waals surface area contributed by atoms with E-state index in [0.29, 0.717) is 11.8 Å². The van der Waals surface area contributed by atoms with E-state index in [9.17, 15) is 0 Å². The monoisotopic (exact) mass is 212 g/mol. The van der Waals surface area contributed by atoms with Crippen molar-refractivity contribution < 1.29 is 0 Å². The summed E-state index contributed by atoms with van der Waals surface area (Å²) in [6.07, 6.45) is 1.06. The van der Waals surface area contributed by atoms with Gasteiger partial charge < -0.3 is 5.73 Å². The number of hydrogen-bond acceptors (Lipinski definition) is 3. The van der Waals surface area contributed by atoms with Crippen molar-refractivity contribution in [2.75, 3.05) is 6.54 Å². The van der Waals surface area contributed by atoms with Crippen LogP contribution in [-0.4, -0.2) is 11.5 Å². The Hall–Kier alpha value is -0.410. The van der Waals surface area contributed by atoms with Crippen LogP contribution in [-0.2, 0) is 0 Å². The molecule has 0 spiro atoms. The lowest BCUT2D eigenvalue weighted by molar-refractivity contribution is 0.695. The summed E-state index contributed by atoms with van der Waals surface area (Å²) >= 11 is 1.85. The minimum absolute atomic E-state index is 0.539. The third-order valence-corrected chi connectivity index (χ3v) is 4.08. The molecule has 0 radical (unpaired) electrons. The maximum absolute atomic E-state index is 5.57. The topological polar surface area (TPSA) is 38.9 Å². The van der Waals surface area contributed by atoms with Gasteiger partial charge in [0.25, 0.3) is 0 Å². The highest BCUT2D eigenvalue weighted by atomic mass is 32.1. The first-order valence-corrected chi connectivity index (χ1v) is 6.05. The molecule has 14 heavy (non-hydrogen) atoms. The van der Waals surface area contributed by atoms with Gasteiger partial charge in [-0.25, -0.2) is 4.98 Å². The first-order chi connectivity index (χ1) is 6.56. The molecule has 1 unspecified atom stereocenters. The van der Waals surface area contributed by atoms with Gasteiger partial charge in [0.15, 0.2) is 0 Å². The van der Waals surface area contributed by atoms with E-state index in [2.05, 4.69) is 32.7 Å². The second kappa shape index (κ2) is 4.89. The van der Waals surface area contributed by atoms with Crippen molar-refractivity contribution in [1.29, 1.82) is 0 Å². The van der Waals surface area contributed by atoms with Crippen molar-refractivity contribution in [2.24, 2.45) is 5.73 Å². The zero-order valence-electron chi connectivity index (χ0n) is 9.50. The molecule has 0 bridgehead atoms. The smallest absolute Gasteiger partial charge is 0.0956 e. The van der Waals surface area contributed by atoms with Crippen LogP contribution in [0.1, 0.15) is 54.6 Å². The molecule has 80 valence electrons. The molecule has 1 aromatic rings. The van der Waals surface area contributed by atoms with Gasteiger partial charge in [-0.05, 0) is 25.8 Å². The number of rotatable bonds is 4. The molecule has 1 aromatic heterocycles. The van der Waals surface area contributed by atoms with Gasteiger partial charge >= 0.3 is 0 Å². The molecule has 1 rings (SSSR count). The average Bonchev–Trinajstić information content (AvgIpc) is 2.48. The SMILES string of the molecule is Cc1nc(C(C)C)sc1C(C)CCN. The summed E-state index contributed by atoms with van der Waals surface area (Å²) in [5.41, 5.74) is 6.76. The van der Waals surface area contributed by atoms with Gasteiger partial charge in [-0.1, -0.05) is 20.8 Å². The number of thiazole rings is 1. The molecule has 0 aromatic carbocycles. The summed E-state index contributed by atoms with van der Waals surface area (Å²) in [4.78, 5) is 6.01. The third-order valence-electron chi connectivity index (χ3n) is 2.39. The zero-order valence-corrected chi connectivity index (χ0v) is 10.3. The Morgan fingerprint density at radius 2 is 2.00 bits per heavy atom. The molecule has 0 aliphatic carbocycles. The van der Waals surface area contributed by atoms with Crippen LogP contribution in [0.25, 0.3) is 0 Å². The second-order valence-corrected chi connectivity index (χ2v) is 5.20. The molecular formula is C11H20N2S. The highest BCUT2D eigenvalue weighted by Gasteiger charge is 2.14. The van der Waals surface area contributed by atoms with E-state index in [1.807, 2.05) is 11.3 Å². The normalized spacial score (nSPS) is 13.6. The standard InChI is InChI=1S/C11H20N2S/c1-7(2)11-13-9(4)10(14-11)8(3)5-6-12/h7-8H,5-6,12H2,1-4H3. The van der Waals surface area contributed by atoms with Crippen LogP contribution in [0.4, 0.5) is 0 Å². The quantitative estimate of drug-likeness (QED) is 0.833. The van der Waals surface area contributed by atoms with E-state index >= 15 is 0 Å². The van der Waals surface area contributed by atoms with E-state index in [-0.39, 0.29) is 0 Å². The molecule has 2 N–H and O–H groups in total. The molecule has 0 fully saturated rings. The first-order valence-electron chi connectivity index (χ1n) is 5.23. The maximum Gasteiger partial charge on any atom is 0.0956 e. The largest absolute Gasteiger partial charge is 0.330 e. The molecule has 0 saturated carbocycles. The summed E-state index contributed by atoms with van der Waals surface area (Å²) < 4.78 is 0. The predicted molar refractivity (Wildman–Crippen MR) is 63.0 cm³/mol. The lowest BCUT2D eigenvalue weighted by Gasteiger charge is -2.07. The van der Waals surface area contributed by atoms with Gasteiger partial charge in [0.2, 0.25) is 0 Å². The fourth-order valence-corrected chi connectivity index (χ4v) is 2.67. The van der Waals surface area contributed by atoms with E-state index in [1.165, 1.54) is 15.6 Å². The summed E-state index contributed by atoms with van der Waals surface area (Å²) in [6, 6.07) is 0. The molecule has 0 aliphatic heterocycles. The molecule has 0 aliphatic rings. The van der Waals surface area contributed by atoms with Crippen LogP contribution in [0, 0.1) is 6.92 Å². The van der Waals surface area contributed by atoms with E-state index in [4.69, 9.17) is 5.73 Å². The van der Waals surface area contributed by atoms with Gasteiger partial charge in [-0.15, -0.1) is 11.3 Å². The minimum Gasteiger partial charge on any atom is -0.330 e. The summed E-state index contributed by atoms with van der Waals surface area (Å²) in [5.74, 6) is 1.10. The van der Waals surface area contributed by atoms with Crippen molar-refractivity contribution in [3.8, 4) is 0 Å². The van der Waals surface area contributed by atoms with Crippen LogP contribution in [0.5, 0.6) is 0 Å². The molecular weight excluding hydrogens is 192 g/mol. The highest BCUT2D eigenvalue weighted by molar-refractivity contribution is 7.11. The Morgan fingerprint density at radius 3 is 2.43 bits per heavy atom. The summed E-state index contributed by atoms with van der Waals surface area (Å²) in [5, 5.41) is 1.25. The Morgan fingerprint density at radius 1 is 1.36 bits per heavy atom.